The number of nitrogens with one attached hydrogen (secondary N) is 1. The average molecular weight is 321 g/mol. The molecular formula is C17H23NO5. The Balaban J connectivity index is 1.81. The maximum atomic E-state index is 12.0. The second-order valence-corrected chi connectivity index (χ2v) is 6.77. The number of esters is 1. The zero-order valence-corrected chi connectivity index (χ0v) is 14.0. The van der Waals surface area contributed by atoms with Gasteiger partial charge in [-0.3, -0.25) is 9.59 Å². The van der Waals surface area contributed by atoms with Gasteiger partial charge in [0, 0.05) is 6.54 Å². The monoisotopic (exact) mass is 321 g/mol. The molecule has 1 atom stereocenters. The summed E-state index contributed by atoms with van der Waals surface area (Å²) in [5.74, 6) is 0.666. The van der Waals surface area contributed by atoms with Crippen LogP contribution < -0.4 is 14.8 Å². The first kappa shape index (κ1) is 17.1. The van der Waals surface area contributed by atoms with Crippen LogP contribution in [-0.2, 0) is 20.9 Å². The molecule has 0 bridgehead atoms. The first-order chi connectivity index (χ1) is 10.7. The molecule has 0 radical (unpaired) electrons. The normalized spacial score (nSPS) is 14.3. The Kier molecular flexibility index (Phi) is 5.13. The van der Waals surface area contributed by atoms with Crippen molar-refractivity contribution in [1.29, 1.82) is 0 Å². The van der Waals surface area contributed by atoms with Crippen LogP contribution in [0.25, 0.3) is 0 Å². The second kappa shape index (κ2) is 6.89. The van der Waals surface area contributed by atoms with Gasteiger partial charge in [-0.25, -0.2) is 0 Å². The van der Waals surface area contributed by atoms with Crippen molar-refractivity contribution in [1.82, 2.24) is 5.32 Å². The Morgan fingerprint density at radius 2 is 1.96 bits per heavy atom. The summed E-state index contributed by atoms with van der Waals surface area (Å²) in [7, 11) is 0. The third kappa shape index (κ3) is 5.16. The van der Waals surface area contributed by atoms with E-state index in [1.807, 2.05) is 32.9 Å². The minimum absolute atomic E-state index is 0.167. The van der Waals surface area contributed by atoms with Gasteiger partial charge in [-0.1, -0.05) is 26.8 Å². The molecule has 1 amide bonds. The van der Waals surface area contributed by atoms with Crippen molar-refractivity contribution in [3.05, 3.63) is 23.8 Å². The van der Waals surface area contributed by atoms with Crippen LogP contribution in [0.5, 0.6) is 11.5 Å². The molecule has 2 rings (SSSR count). The molecule has 6 heteroatoms. The van der Waals surface area contributed by atoms with Crippen molar-refractivity contribution in [3.8, 4) is 11.5 Å². The van der Waals surface area contributed by atoms with Gasteiger partial charge in [0.15, 0.2) is 17.6 Å². The van der Waals surface area contributed by atoms with E-state index in [-0.39, 0.29) is 30.5 Å². The lowest BCUT2D eigenvalue weighted by Gasteiger charge is -2.19. The van der Waals surface area contributed by atoms with E-state index in [9.17, 15) is 9.59 Å². The zero-order valence-electron chi connectivity index (χ0n) is 14.0. The van der Waals surface area contributed by atoms with Crippen LogP contribution in [-0.4, -0.2) is 24.8 Å². The number of hydrogen-bond donors (Lipinski definition) is 1. The van der Waals surface area contributed by atoms with Gasteiger partial charge in [0.25, 0.3) is 5.91 Å². The van der Waals surface area contributed by atoms with E-state index in [0.717, 1.165) is 5.56 Å². The van der Waals surface area contributed by atoms with E-state index < -0.39 is 6.10 Å². The SMILES string of the molecule is C[C@@H](OC(=O)CC(C)(C)C)C(=O)NCc1ccc2c(c1)OCO2. The summed E-state index contributed by atoms with van der Waals surface area (Å²) < 4.78 is 15.7. The fraction of sp³-hybridized carbons (Fsp3) is 0.529. The molecule has 1 aromatic carbocycles. The fourth-order valence-corrected chi connectivity index (χ4v) is 2.11. The highest BCUT2D eigenvalue weighted by molar-refractivity contribution is 5.83. The number of fused-ring (bicyclic) bond motifs is 1. The molecule has 0 spiro atoms. The number of rotatable bonds is 5. The maximum absolute atomic E-state index is 12.0. The summed E-state index contributed by atoms with van der Waals surface area (Å²) in [4.78, 5) is 23.8. The van der Waals surface area contributed by atoms with Gasteiger partial charge in [0.2, 0.25) is 6.79 Å². The number of carbonyl (C=O) groups excluding carboxylic acids is 2. The quantitative estimate of drug-likeness (QED) is 0.843. The highest BCUT2D eigenvalue weighted by Crippen LogP contribution is 2.32. The molecule has 0 aliphatic carbocycles. The largest absolute Gasteiger partial charge is 0.454 e. The predicted molar refractivity (Wildman–Crippen MR) is 84.0 cm³/mol. The maximum Gasteiger partial charge on any atom is 0.307 e. The van der Waals surface area contributed by atoms with Gasteiger partial charge >= 0.3 is 5.97 Å². The predicted octanol–water partition coefficient (Wildman–Crippen LogP) is 2.40. The van der Waals surface area contributed by atoms with Crippen LogP contribution in [0.3, 0.4) is 0 Å². The third-order valence-corrected chi connectivity index (χ3v) is 3.26. The smallest absolute Gasteiger partial charge is 0.307 e. The molecule has 1 aliphatic heterocycles. The van der Waals surface area contributed by atoms with Gasteiger partial charge in [0.05, 0.1) is 6.42 Å². The van der Waals surface area contributed by atoms with Crippen LogP contribution in [0.15, 0.2) is 18.2 Å². The van der Waals surface area contributed by atoms with Crippen molar-refractivity contribution in [3.63, 3.8) is 0 Å². The molecule has 0 unspecified atom stereocenters. The minimum Gasteiger partial charge on any atom is -0.454 e. The van der Waals surface area contributed by atoms with Crippen LogP contribution in [0, 0.1) is 5.41 Å². The third-order valence-electron chi connectivity index (χ3n) is 3.26. The molecular weight excluding hydrogens is 298 g/mol. The van der Waals surface area contributed by atoms with Crippen molar-refractivity contribution in [2.45, 2.75) is 46.8 Å². The van der Waals surface area contributed by atoms with E-state index in [0.29, 0.717) is 18.0 Å². The van der Waals surface area contributed by atoms with Crippen LogP contribution in [0.1, 0.15) is 39.7 Å². The minimum atomic E-state index is -0.820. The Morgan fingerprint density at radius 3 is 2.65 bits per heavy atom. The molecule has 6 nitrogen and oxygen atoms in total. The molecule has 0 saturated heterocycles. The lowest BCUT2D eigenvalue weighted by atomic mass is 9.92. The van der Waals surface area contributed by atoms with Crippen LogP contribution in [0.2, 0.25) is 0 Å². The molecule has 0 aromatic heterocycles. The topological polar surface area (TPSA) is 73.9 Å². The highest BCUT2D eigenvalue weighted by atomic mass is 16.7. The Bertz CT molecular complexity index is 591. The summed E-state index contributed by atoms with van der Waals surface area (Å²) >= 11 is 0. The second-order valence-electron chi connectivity index (χ2n) is 6.77. The Morgan fingerprint density at radius 1 is 1.26 bits per heavy atom. The molecule has 1 aromatic rings. The van der Waals surface area contributed by atoms with E-state index in [1.165, 1.54) is 0 Å². The number of hydrogen-bond acceptors (Lipinski definition) is 5. The average Bonchev–Trinajstić information content (AvgIpc) is 2.89. The molecule has 1 aliphatic rings. The number of benzene rings is 1. The summed E-state index contributed by atoms with van der Waals surface area (Å²) in [6.45, 7) is 7.94. The van der Waals surface area contributed by atoms with Crippen molar-refractivity contribution in [2.24, 2.45) is 5.41 Å². The Hall–Kier alpha value is -2.24. The van der Waals surface area contributed by atoms with Gasteiger partial charge < -0.3 is 19.5 Å². The van der Waals surface area contributed by atoms with Gasteiger partial charge in [0.1, 0.15) is 0 Å². The van der Waals surface area contributed by atoms with Crippen molar-refractivity contribution in [2.75, 3.05) is 6.79 Å². The summed E-state index contributed by atoms with van der Waals surface area (Å²) in [6.07, 6.45) is -0.550. The fourth-order valence-electron chi connectivity index (χ4n) is 2.11. The first-order valence-corrected chi connectivity index (χ1v) is 7.60. The summed E-state index contributed by atoms with van der Waals surface area (Å²) in [5, 5.41) is 2.75. The lowest BCUT2D eigenvalue weighted by Crippen LogP contribution is -2.36. The van der Waals surface area contributed by atoms with Gasteiger partial charge in [-0.2, -0.15) is 0 Å². The van der Waals surface area contributed by atoms with Gasteiger partial charge in [-0.05, 0) is 30.0 Å². The van der Waals surface area contributed by atoms with Crippen molar-refractivity contribution < 1.29 is 23.8 Å². The number of ether oxygens (including phenoxy) is 3. The van der Waals surface area contributed by atoms with Crippen LogP contribution in [0.4, 0.5) is 0 Å². The zero-order chi connectivity index (χ0) is 17.0. The molecule has 0 fully saturated rings. The number of amides is 1. The van der Waals surface area contributed by atoms with E-state index >= 15 is 0 Å². The Labute approximate surface area is 136 Å². The lowest BCUT2D eigenvalue weighted by molar-refractivity contribution is -0.156. The van der Waals surface area contributed by atoms with E-state index in [1.54, 1.807) is 13.0 Å². The molecule has 1 heterocycles. The summed E-state index contributed by atoms with van der Waals surface area (Å²) in [5.41, 5.74) is 0.718. The standard InChI is InChI=1S/C17H23NO5/c1-11(23-15(19)8-17(2,3)4)16(20)18-9-12-5-6-13-14(7-12)22-10-21-13/h5-7,11H,8-10H2,1-4H3,(H,18,20)/t11-/m1/s1. The van der Waals surface area contributed by atoms with Crippen LogP contribution >= 0.6 is 0 Å². The highest BCUT2D eigenvalue weighted by Gasteiger charge is 2.22. The first-order valence-electron chi connectivity index (χ1n) is 7.60. The van der Waals surface area contributed by atoms with Gasteiger partial charge in [-0.15, -0.1) is 0 Å². The summed E-state index contributed by atoms with van der Waals surface area (Å²) in [6, 6.07) is 5.47. The van der Waals surface area contributed by atoms with E-state index in [4.69, 9.17) is 14.2 Å². The van der Waals surface area contributed by atoms with Crippen molar-refractivity contribution >= 4 is 11.9 Å². The molecule has 126 valence electrons. The number of carbonyl (C=O) groups is 2. The molecule has 0 saturated carbocycles. The molecule has 1 N–H and O–H groups in total. The molecule has 23 heavy (non-hydrogen) atoms. The van der Waals surface area contributed by atoms with E-state index in [2.05, 4.69) is 5.32 Å².